The quantitative estimate of drug-likeness (QED) is 0.728. The minimum Gasteiger partial charge on any atom is -0.192 e. The monoisotopic (exact) mass is 238 g/mol. The summed E-state index contributed by atoms with van der Waals surface area (Å²) in [6.07, 6.45) is -2.43. The van der Waals surface area contributed by atoms with Gasteiger partial charge in [0.25, 0.3) is 0 Å². The number of nitriles is 1. The van der Waals surface area contributed by atoms with Crippen LogP contribution in [-0.4, -0.2) is 0 Å². The average Bonchev–Trinajstić information content (AvgIpc) is 2.27. The van der Waals surface area contributed by atoms with Crippen LogP contribution in [0.5, 0.6) is 0 Å². The lowest BCUT2D eigenvalue weighted by Gasteiger charge is -2.14. The van der Waals surface area contributed by atoms with Crippen molar-refractivity contribution >= 4 is 0 Å². The molecule has 89 valence electrons. The van der Waals surface area contributed by atoms with Gasteiger partial charge in [-0.25, -0.2) is 0 Å². The fourth-order valence-electron chi connectivity index (χ4n) is 1.49. The van der Waals surface area contributed by atoms with E-state index < -0.39 is 11.7 Å². The molecule has 0 saturated carbocycles. The second-order valence-corrected chi connectivity index (χ2v) is 3.64. The molecule has 4 heteroatoms. The van der Waals surface area contributed by atoms with Crippen molar-refractivity contribution in [3.63, 3.8) is 0 Å². The van der Waals surface area contributed by atoms with Gasteiger partial charge in [0.05, 0.1) is 17.2 Å². The smallest absolute Gasteiger partial charge is 0.192 e. The first-order valence-electron chi connectivity index (χ1n) is 4.95. The Morgan fingerprint density at radius 3 is 2.53 bits per heavy atom. The van der Waals surface area contributed by atoms with Crippen LogP contribution < -0.4 is 0 Å². The van der Waals surface area contributed by atoms with E-state index in [-0.39, 0.29) is 11.5 Å². The Hall–Kier alpha value is -1.76. The third kappa shape index (κ3) is 3.10. The van der Waals surface area contributed by atoms with E-state index in [1.165, 1.54) is 18.2 Å². The SMILES string of the molecule is [CH2]C(CC=C)c1ccc(C#N)c(C(F)(F)F)c1. The molecule has 0 aliphatic heterocycles. The molecule has 1 aromatic rings. The van der Waals surface area contributed by atoms with Gasteiger partial charge in [0.15, 0.2) is 0 Å². The van der Waals surface area contributed by atoms with Crippen molar-refractivity contribution < 1.29 is 13.2 Å². The Morgan fingerprint density at radius 2 is 2.06 bits per heavy atom. The Kier molecular flexibility index (Phi) is 3.95. The van der Waals surface area contributed by atoms with Gasteiger partial charge < -0.3 is 0 Å². The van der Waals surface area contributed by atoms with Crippen molar-refractivity contribution in [1.29, 1.82) is 5.26 Å². The highest BCUT2D eigenvalue weighted by molar-refractivity contribution is 5.43. The summed E-state index contributed by atoms with van der Waals surface area (Å²) in [4.78, 5) is 0. The van der Waals surface area contributed by atoms with E-state index in [0.717, 1.165) is 6.07 Å². The van der Waals surface area contributed by atoms with Gasteiger partial charge in [-0.2, -0.15) is 18.4 Å². The molecular formula is C13H11F3N. The number of halogens is 3. The van der Waals surface area contributed by atoms with Crippen LogP contribution in [0.3, 0.4) is 0 Å². The molecular weight excluding hydrogens is 227 g/mol. The summed E-state index contributed by atoms with van der Waals surface area (Å²) in [5.41, 5.74) is -0.821. The van der Waals surface area contributed by atoms with Crippen LogP contribution in [0.25, 0.3) is 0 Å². The summed E-state index contributed by atoms with van der Waals surface area (Å²) in [7, 11) is 0. The van der Waals surface area contributed by atoms with Gasteiger partial charge in [-0.05, 0) is 37.0 Å². The zero-order valence-electron chi connectivity index (χ0n) is 9.09. The van der Waals surface area contributed by atoms with Crippen LogP contribution in [0.4, 0.5) is 13.2 Å². The van der Waals surface area contributed by atoms with Crippen molar-refractivity contribution in [2.45, 2.75) is 18.5 Å². The molecule has 0 amide bonds. The van der Waals surface area contributed by atoms with Crippen molar-refractivity contribution in [1.82, 2.24) is 0 Å². The zero-order chi connectivity index (χ0) is 13.1. The van der Waals surface area contributed by atoms with E-state index in [4.69, 9.17) is 5.26 Å². The first-order valence-corrected chi connectivity index (χ1v) is 4.95. The lowest BCUT2D eigenvalue weighted by Crippen LogP contribution is -2.09. The summed E-state index contributed by atoms with van der Waals surface area (Å²) in [5.74, 6) is -0.290. The Morgan fingerprint density at radius 1 is 1.41 bits per heavy atom. The molecule has 1 rings (SSSR count). The molecule has 0 spiro atoms. The van der Waals surface area contributed by atoms with Gasteiger partial charge in [0.2, 0.25) is 0 Å². The van der Waals surface area contributed by atoms with E-state index in [1.807, 2.05) is 0 Å². The maximum Gasteiger partial charge on any atom is 0.417 e. The summed E-state index contributed by atoms with van der Waals surface area (Å²) < 4.78 is 38.0. The second-order valence-electron chi connectivity index (χ2n) is 3.64. The fraction of sp³-hybridized carbons (Fsp3) is 0.231. The van der Waals surface area contributed by atoms with E-state index in [0.29, 0.717) is 12.0 Å². The average molecular weight is 238 g/mol. The molecule has 1 radical (unpaired) electrons. The summed E-state index contributed by atoms with van der Waals surface area (Å²) in [5, 5.41) is 8.63. The van der Waals surface area contributed by atoms with Gasteiger partial charge in [-0.3, -0.25) is 0 Å². The molecule has 0 aromatic heterocycles. The molecule has 0 fully saturated rings. The van der Waals surface area contributed by atoms with Crippen LogP contribution in [-0.2, 0) is 6.18 Å². The Balaban J connectivity index is 3.24. The predicted octanol–water partition coefficient (Wildman–Crippen LogP) is 4.07. The first kappa shape index (κ1) is 13.3. The minimum absolute atomic E-state index is 0.290. The highest BCUT2D eigenvalue weighted by Crippen LogP contribution is 2.34. The number of hydrogen-bond acceptors (Lipinski definition) is 1. The maximum atomic E-state index is 12.7. The van der Waals surface area contributed by atoms with Crippen LogP contribution >= 0.6 is 0 Å². The van der Waals surface area contributed by atoms with Crippen molar-refractivity contribution in [3.05, 3.63) is 54.5 Å². The van der Waals surface area contributed by atoms with Crippen molar-refractivity contribution in [2.24, 2.45) is 0 Å². The molecule has 1 unspecified atom stereocenters. The maximum absolute atomic E-state index is 12.7. The highest BCUT2D eigenvalue weighted by Gasteiger charge is 2.34. The van der Waals surface area contributed by atoms with Gasteiger partial charge in [-0.1, -0.05) is 12.1 Å². The number of alkyl halides is 3. The molecule has 0 aliphatic carbocycles. The van der Waals surface area contributed by atoms with Crippen LogP contribution in [0, 0.1) is 18.3 Å². The Bertz CT molecular complexity index is 455. The number of nitrogens with zero attached hydrogens (tertiary/aromatic N) is 1. The van der Waals surface area contributed by atoms with Crippen LogP contribution in [0.15, 0.2) is 30.9 Å². The third-order valence-corrected chi connectivity index (χ3v) is 2.39. The van der Waals surface area contributed by atoms with Crippen molar-refractivity contribution in [2.75, 3.05) is 0 Å². The van der Waals surface area contributed by atoms with Gasteiger partial charge in [0, 0.05) is 0 Å². The molecule has 0 N–H and O–H groups in total. The van der Waals surface area contributed by atoms with Gasteiger partial charge in [-0.15, -0.1) is 6.58 Å². The third-order valence-electron chi connectivity index (χ3n) is 2.39. The lowest BCUT2D eigenvalue weighted by molar-refractivity contribution is -0.137. The standard InChI is InChI=1S/C13H11F3N/c1-3-4-9(2)10-5-6-11(8-17)12(7-10)13(14,15)16/h3,5-7,9H,1-2,4H2. The predicted molar refractivity (Wildman–Crippen MR) is 59.1 cm³/mol. The minimum atomic E-state index is -4.52. The zero-order valence-corrected chi connectivity index (χ0v) is 9.09. The number of hydrogen-bond donors (Lipinski definition) is 0. The van der Waals surface area contributed by atoms with E-state index in [2.05, 4.69) is 13.5 Å². The molecule has 0 bridgehead atoms. The molecule has 0 aliphatic rings. The number of allylic oxidation sites excluding steroid dienone is 1. The van der Waals surface area contributed by atoms with Crippen molar-refractivity contribution in [3.8, 4) is 6.07 Å². The molecule has 1 aromatic carbocycles. The van der Waals surface area contributed by atoms with E-state index >= 15 is 0 Å². The summed E-state index contributed by atoms with van der Waals surface area (Å²) in [6, 6.07) is 5.20. The molecule has 0 heterocycles. The molecule has 17 heavy (non-hydrogen) atoms. The van der Waals surface area contributed by atoms with Gasteiger partial charge >= 0.3 is 6.18 Å². The highest BCUT2D eigenvalue weighted by atomic mass is 19.4. The lowest BCUT2D eigenvalue weighted by atomic mass is 9.94. The second kappa shape index (κ2) is 5.05. The fourth-order valence-corrected chi connectivity index (χ4v) is 1.49. The molecule has 0 saturated heterocycles. The topological polar surface area (TPSA) is 23.8 Å². The molecule has 1 atom stereocenters. The number of benzene rings is 1. The summed E-state index contributed by atoms with van der Waals surface area (Å²) >= 11 is 0. The molecule has 1 nitrogen and oxygen atoms in total. The summed E-state index contributed by atoms with van der Waals surface area (Å²) in [6.45, 7) is 7.27. The van der Waals surface area contributed by atoms with Crippen LogP contribution in [0.2, 0.25) is 0 Å². The number of rotatable bonds is 3. The van der Waals surface area contributed by atoms with E-state index in [9.17, 15) is 13.2 Å². The normalized spacial score (nSPS) is 12.9. The van der Waals surface area contributed by atoms with Gasteiger partial charge in [0.1, 0.15) is 0 Å². The van der Waals surface area contributed by atoms with Crippen LogP contribution in [0.1, 0.15) is 29.0 Å². The largest absolute Gasteiger partial charge is 0.417 e. The first-order chi connectivity index (χ1) is 7.90. The van der Waals surface area contributed by atoms with E-state index in [1.54, 1.807) is 6.08 Å². The Labute approximate surface area is 98.2 Å².